The molecule has 1 atom stereocenters. The Labute approximate surface area is 127 Å². The second kappa shape index (κ2) is 8.46. The predicted molar refractivity (Wildman–Crippen MR) is 85.2 cm³/mol. The molecule has 21 heavy (non-hydrogen) atoms. The molecular formula is C17H24N2O2. The first-order chi connectivity index (χ1) is 9.95. The summed E-state index contributed by atoms with van der Waals surface area (Å²) in [6, 6.07) is 5.77. The highest BCUT2D eigenvalue weighted by atomic mass is 16.2. The number of aryl methyl sites for hydroxylation is 1. The fourth-order valence-corrected chi connectivity index (χ4v) is 1.68. The van der Waals surface area contributed by atoms with Gasteiger partial charge in [-0.05, 0) is 51.7 Å². The Kier molecular flexibility index (Phi) is 6.93. The van der Waals surface area contributed by atoms with Gasteiger partial charge in [0.2, 0.25) is 0 Å². The van der Waals surface area contributed by atoms with Crippen molar-refractivity contribution >= 4 is 5.91 Å². The lowest BCUT2D eigenvalue weighted by Gasteiger charge is -2.20. The van der Waals surface area contributed by atoms with Crippen LogP contribution >= 0.6 is 0 Å². The highest BCUT2D eigenvalue weighted by molar-refractivity contribution is 5.94. The van der Waals surface area contributed by atoms with E-state index in [1.54, 1.807) is 6.07 Å². The van der Waals surface area contributed by atoms with E-state index in [9.17, 15) is 4.79 Å². The maximum Gasteiger partial charge on any atom is 0.251 e. The molecule has 2 N–H and O–H groups in total. The third kappa shape index (κ3) is 5.58. The van der Waals surface area contributed by atoms with E-state index >= 15 is 0 Å². The van der Waals surface area contributed by atoms with Gasteiger partial charge in [-0.3, -0.25) is 4.79 Å². The highest BCUT2D eigenvalue weighted by Crippen LogP contribution is 2.10. The second-order valence-corrected chi connectivity index (χ2v) is 5.33. The van der Waals surface area contributed by atoms with Crippen molar-refractivity contribution in [3.8, 4) is 11.8 Å². The number of hydrogen-bond acceptors (Lipinski definition) is 3. The van der Waals surface area contributed by atoms with Gasteiger partial charge in [0.05, 0.1) is 6.61 Å². The molecule has 0 heterocycles. The Hall–Kier alpha value is -1.83. The van der Waals surface area contributed by atoms with Crippen molar-refractivity contribution in [2.24, 2.45) is 0 Å². The molecular weight excluding hydrogens is 264 g/mol. The lowest BCUT2D eigenvalue weighted by Crippen LogP contribution is -2.38. The molecule has 1 aromatic carbocycles. The molecule has 0 aliphatic carbocycles. The summed E-state index contributed by atoms with van der Waals surface area (Å²) in [4.78, 5) is 14.2. The first-order valence-corrected chi connectivity index (χ1v) is 7.10. The van der Waals surface area contributed by atoms with E-state index in [1.165, 1.54) is 0 Å². The van der Waals surface area contributed by atoms with Crippen molar-refractivity contribution in [3.05, 3.63) is 34.9 Å². The smallest absolute Gasteiger partial charge is 0.251 e. The normalized spacial score (nSPS) is 11.7. The monoisotopic (exact) mass is 288 g/mol. The minimum atomic E-state index is -0.0679. The van der Waals surface area contributed by atoms with E-state index in [0.717, 1.165) is 11.1 Å². The maximum atomic E-state index is 12.1. The van der Waals surface area contributed by atoms with Crippen LogP contribution in [0, 0.1) is 18.8 Å². The average molecular weight is 288 g/mol. The van der Waals surface area contributed by atoms with Gasteiger partial charge in [0.1, 0.15) is 0 Å². The zero-order valence-corrected chi connectivity index (χ0v) is 13.2. The van der Waals surface area contributed by atoms with Crippen LogP contribution in [0.2, 0.25) is 0 Å². The summed E-state index contributed by atoms with van der Waals surface area (Å²) in [5, 5.41) is 11.6. The average Bonchev–Trinajstić information content (AvgIpc) is 2.46. The van der Waals surface area contributed by atoms with Gasteiger partial charge in [0.15, 0.2) is 0 Å². The number of amides is 1. The molecule has 0 bridgehead atoms. The fraction of sp³-hybridized carbons (Fsp3) is 0.471. The van der Waals surface area contributed by atoms with Crippen molar-refractivity contribution in [1.29, 1.82) is 0 Å². The summed E-state index contributed by atoms with van der Waals surface area (Å²) in [6.45, 7) is 4.67. The fourth-order valence-electron chi connectivity index (χ4n) is 1.68. The third-order valence-corrected chi connectivity index (χ3v) is 3.39. The summed E-state index contributed by atoms with van der Waals surface area (Å²) >= 11 is 0. The van der Waals surface area contributed by atoms with Crippen LogP contribution in [0.3, 0.4) is 0 Å². The molecule has 1 unspecified atom stereocenters. The number of nitrogens with one attached hydrogen (secondary N) is 1. The largest absolute Gasteiger partial charge is 0.395 e. The summed E-state index contributed by atoms with van der Waals surface area (Å²) < 4.78 is 0. The topological polar surface area (TPSA) is 52.6 Å². The summed E-state index contributed by atoms with van der Waals surface area (Å²) in [6.07, 6.45) is 0.462. The molecule has 4 heteroatoms. The van der Waals surface area contributed by atoms with Crippen LogP contribution in [0.1, 0.15) is 34.8 Å². The van der Waals surface area contributed by atoms with Crippen molar-refractivity contribution < 1.29 is 9.90 Å². The summed E-state index contributed by atoms with van der Waals surface area (Å²) in [7, 11) is 3.97. The second-order valence-electron chi connectivity index (χ2n) is 5.33. The SMILES string of the molecule is Cc1cc(C(=O)NCC(C)N(C)C)ccc1C#CCCO. The minimum Gasteiger partial charge on any atom is -0.395 e. The van der Waals surface area contributed by atoms with Gasteiger partial charge in [0, 0.05) is 30.1 Å². The van der Waals surface area contributed by atoms with Gasteiger partial charge in [0.25, 0.3) is 5.91 Å². The Balaban J connectivity index is 2.71. The Morgan fingerprint density at radius 2 is 2.14 bits per heavy atom. The van der Waals surface area contributed by atoms with Gasteiger partial charge in [-0.25, -0.2) is 0 Å². The zero-order valence-electron chi connectivity index (χ0n) is 13.2. The minimum absolute atomic E-state index is 0.0661. The van der Waals surface area contributed by atoms with E-state index in [1.807, 2.05) is 33.2 Å². The molecule has 0 saturated heterocycles. The number of carbonyl (C=O) groups excluding carboxylic acids is 1. The van der Waals surface area contributed by atoms with Crippen LogP contribution in [0.15, 0.2) is 18.2 Å². The van der Waals surface area contributed by atoms with Gasteiger partial charge in [-0.2, -0.15) is 0 Å². The van der Waals surface area contributed by atoms with E-state index in [4.69, 9.17) is 5.11 Å². The first-order valence-electron chi connectivity index (χ1n) is 7.10. The molecule has 0 saturated carbocycles. The molecule has 0 radical (unpaired) electrons. The van der Waals surface area contributed by atoms with Crippen molar-refractivity contribution in [3.63, 3.8) is 0 Å². The number of aliphatic hydroxyl groups excluding tert-OH is 1. The molecule has 0 aliphatic heterocycles. The van der Waals surface area contributed by atoms with Gasteiger partial charge in [-0.15, -0.1) is 0 Å². The molecule has 114 valence electrons. The van der Waals surface area contributed by atoms with Crippen LogP contribution in [0.5, 0.6) is 0 Å². The lowest BCUT2D eigenvalue weighted by atomic mass is 10.0. The van der Waals surface area contributed by atoms with E-state index in [0.29, 0.717) is 24.6 Å². The van der Waals surface area contributed by atoms with E-state index < -0.39 is 0 Å². The number of hydrogen-bond donors (Lipinski definition) is 2. The number of nitrogens with zero attached hydrogens (tertiary/aromatic N) is 1. The lowest BCUT2D eigenvalue weighted by molar-refractivity contribution is 0.0943. The third-order valence-electron chi connectivity index (χ3n) is 3.39. The van der Waals surface area contributed by atoms with Gasteiger partial charge >= 0.3 is 0 Å². The highest BCUT2D eigenvalue weighted by Gasteiger charge is 2.10. The molecule has 1 aromatic rings. The quantitative estimate of drug-likeness (QED) is 0.806. The van der Waals surface area contributed by atoms with Gasteiger partial charge < -0.3 is 15.3 Å². The van der Waals surface area contributed by atoms with Crippen LogP contribution < -0.4 is 5.32 Å². The van der Waals surface area contributed by atoms with E-state index in [2.05, 4.69) is 29.0 Å². The number of benzene rings is 1. The number of aliphatic hydroxyl groups is 1. The molecule has 0 fully saturated rings. The number of rotatable bonds is 5. The van der Waals surface area contributed by atoms with Crippen LogP contribution in [-0.4, -0.2) is 49.2 Å². The molecule has 0 spiro atoms. The van der Waals surface area contributed by atoms with Crippen LogP contribution in [0.4, 0.5) is 0 Å². The number of likely N-dealkylation sites (N-methyl/N-ethyl adjacent to an activating group) is 1. The van der Waals surface area contributed by atoms with Crippen molar-refractivity contribution in [2.75, 3.05) is 27.2 Å². The Bertz CT molecular complexity index is 541. The van der Waals surface area contributed by atoms with E-state index in [-0.39, 0.29) is 12.5 Å². The Morgan fingerprint density at radius 3 is 2.71 bits per heavy atom. The molecule has 4 nitrogen and oxygen atoms in total. The maximum absolute atomic E-state index is 12.1. The standard InChI is InChI=1S/C17H24N2O2/c1-13-11-16(9-8-15(13)7-5-6-10-20)17(21)18-12-14(2)19(3)4/h8-9,11,14,20H,6,10,12H2,1-4H3,(H,18,21). The zero-order chi connectivity index (χ0) is 15.8. The van der Waals surface area contributed by atoms with Crippen molar-refractivity contribution in [2.45, 2.75) is 26.3 Å². The summed E-state index contributed by atoms with van der Waals surface area (Å²) in [5.74, 6) is 5.82. The molecule has 0 aliphatic rings. The van der Waals surface area contributed by atoms with Gasteiger partial charge in [-0.1, -0.05) is 11.8 Å². The number of carbonyl (C=O) groups is 1. The predicted octanol–water partition coefficient (Wildman–Crippen LogP) is 1.41. The molecule has 0 aromatic heterocycles. The summed E-state index contributed by atoms with van der Waals surface area (Å²) in [5.41, 5.74) is 2.50. The molecule has 1 rings (SSSR count). The van der Waals surface area contributed by atoms with Crippen LogP contribution in [0.25, 0.3) is 0 Å². The molecule has 1 amide bonds. The first kappa shape index (κ1) is 17.2. The Morgan fingerprint density at radius 1 is 1.43 bits per heavy atom. The van der Waals surface area contributed by atoms with Crippen molar-refractivity contribution in [1.82, 2.24) is 10.2 Å². The van der Waals surface area contributed by atoms with Crippen LogP contribution in [-0.2, 0) is 0 Å².